The van der Waals surface area contributed by atoms with Crippen molar-refractivity contribution in [1.29, 1.82) is 0 Å². The van der Waals surface area contributed by atoms with Gasteiger partial charge in [-0.2, -0.15) is 0 Å². The second-order valence-electron chi connectivity index (χ2n) is 4.07. The third kappa shape index (κ3) is 7.00. The van der Waals surface area contributed by atoms with Crippen molar-refractivity contribution >= 4 is 40.3 Å². The van der Waals surface area contributed by atoms with E-state index in [1.54, 1.807) is 0 Å². The van der Waals surface area contributed by atoms with E-state index in [9.17, 15) is 9.59 Å². The zero-order valence-electron chi connectivity index (χ0n) is 10.5. The number of carboxylic acids is 1. The Kier molecular flexibility index (Phi) is 7.24. The van der Waals surface area contributed by atoms with Gasteiger partial charge in [0.25, 0.3) is 0 Å². The van der Waals surface area contributed by atoms with Crippen molar-refractivity contribution in [3.8, 4) is 0 Å². The van der Waals surface area contributed by atoms with E-state index in [0.29, 0.717) is 13.0 Å². The molecule has 0 atom stereocenters. The second-order valence-corrected chi connectivity index (χ2v) is 5.23. The molecule has 1 aromatic rings. The van der Waals surface area contributed by atoms with E-state index in [-0.39, 0.29) is 12.5 Å². The van der Waals surface area contributed by atoms with Gasteiger partial charge in [-0.1, -0.05) is 18.6 Å². The summed E-state index contributed by atoms with van der Waals surface area (Å²) in [5.74, 6) is -0.774. The molecule has 0 aliphatic heterocycles. The number of benzene rings is 1. The molecule has 0 spiro atoms. The van der Waals surface area contributed by atoms with Gasteiger partial charge in [0.2, 0.25) is 0 Å². The fourth-order valence-electron chi connectivity index (χ4n) is 1.51. The smallest absolute Gasteiger partial charge is 0.319 e. The molecule has 0 saturated heterocycles. The first-order valence-electron chi connectivity index (χ1n) is 6.11. The van der Waals surface area contributed by atoms with E-state index in [2.05, 4.69) is 33.2 Å². The van der Waals surface area contributed by atoms with Crippen LogP contribution in [0.15, 0.2) is 24.3 Å². The monoisotopic (exact) mass is 376 g/mol. The fourth-order valence-corrected chi connectivity index (χ4v) is 2.03. The predicted octanol–water partition coefficient (Wildman–Crippen LogP) is 3.06. The molecule has 0 aliphatic rings. The summed E-state index contributed by atoms with van der Waals surface area (Å²) >= 11 is 2.16. The van der Waals surface area contributed by atoms with Crippen LogP contribution in [0.2, 0.25) is 0 Å². The maximum absolute atomic E-state index is 11.6. The zero-order valence-corrected chi connectivity index (χ0v) is 12.6. The van der Waals surface area contributed by atoms with Gasteiger partial charge in [-0.3, -0.25) is 4.79 Å². The lowest BCUT2D eigenvalue weighted by molar-refractivity contribution is -0.137. The maximum atomic E-state index is 11.6. The number of halogens is 1. The SMILES string of the molecule is O=C(O)CCCCCNC(=O)Nc1ccccc1I. The molecule has 104 valence electrons. The fraction of sp³-hybridized carbons (Fsp3) is 0.385. The van der Waals surface area contributed by atoms with Crippen LogP contribution in [0.1, 0.15) is 25.7 Å². The number of carbonyl (C=O) groups excluding carboxylic acids is 1. The van der Waals surface area contributed by atoms with Crippen LogP contribution < -0.4 is 10.6 Å². The van der Waals surface area contributed by atoms with Gasteiger partial charge in [-0.15, -0.1) is 0 Å². The van der Waals surface area contributed by atoms with Crippen molar-refractivity contribution in [2.24, 2.45) is 0 Å². The van der Waals surface area contributed by atoms with Crippen LogP contribution in [0.5, 0.6) is 0 Å². The van der Waals surface area contributed by atoms with E-state index in [4.69, 9.17) is 5.11 Å². The Morgan fingerprint density at radius 3 is 2.58 bits per heavy atom. The van der Waals surface area contributed by atoms with Crippen molar-refractivity contribution in [2.45, 2.75) is 25.7 Å². The number of unbranched alkanes of at least 4 members (excludes halogenated alkanes) is 2. The Labute approximate surface area is 125 Å². The molecule has 1 aromatic carbocycles. The highest BCUT2D eigenvalue weighted by molar-refractivity contribution is 14.1. The van der Waals surface area contributed by atoms with Crippen molar-refractivity contribution in [3.63, 3.8) is 0 Å². The molecule has 0 heterocycles. The van der Waals surface area contributed by atoms with Crippen LogP contribution in [0.3, 0.4) is 0 Å². The van der Waals surface area contributed by atoms with Crippen molar-refractivity contribution in [2.75, 3.05) is 11.9 Å². The summed E-state index contributed by atoms with van der Waals surface area (Å²) in [4.78, 5) is 21.9. The van der Waals surface area contributed by atoms with E-state index < -0.39 is 5.97 Å². The Hall–Kier alpha value is -1.31. The average molecular weight is 376 g/mol. The minimum absolute atomic E-state index is 0.189. The molecule has 19 heavy (non-hydrogen) atoms. The Bertz CT molecular complexity index is 438. The van der Waals surface area contributed by atoms with E-state index in [1.165, 1.54) is 0 Å². The molecule has 6 heteroatoms. The average Bonchev–Trinajstić information content (AvgIpc) is 2.36. The van der Waals surface area contributed by atoms with Gasteiger partial charge in [0.15, 0.2) is 0 Å². The van der Waals surface area contributed by atoms with Gasteiger partial charge < -0.3 is 15.7 Å². The van der Waals surface area contributed by atoms with Crippen LogP contribution in [-0.2, 0) is 4.79 Å². The second kappa shape index (κ2) is 8.73. The number of hydrogen-bond acceptors (Lipinski definition) is 2. The number of hydrogen-bond donors (Lipinski definition) is 3. The lowest BCUT2D eigenvalue weighted by Gasteiger charge is -2.08. The van der Waals surface area contributed by atoms with Gasteiger partial charge in [0.1, 0.15) is 0 Å². The molecule has 0 bridgehead atoms. The largest absolute Gasteiger partial charge is 0.481 e. The molecule has 5 nitrogen and oxygen atoms in total. The van der Waals surface area contributed by atoms with Crippen LogP contribution in [0.4, 0.5) is 10.5 Å². The number of urea groups is 1. The number of rotatable bonds is 7. The molecule has 1 rings (SSSR count). The van der Waals surface area contributed by atoms with Crippen LogP contribution in [0.25, 0.3) is 0 Å². The normalized spacial score (nSPS) is 9.95. The van der Waals surface area contributed by atoms with E-state index in [0.717, 1.165) is 22.1 Å². The highest BCUT2D eigenvalue weighted by Crippen LogP contribution is 2.16. The standard InChI is InChI=1S/C13H17IN2O3/c14-10-6-3-4-7-11(10)16-13(19)15-9-5-1-2-8-12(17)18/h3-4,6-7H,1-2,5,8-9H2,(H,17,18)(H2,15,16,19). The van der Waals surface area contributed by atoms with E-state index in [1.807, 2.05) is 24.3 Å². The Balaban J connectivity index is 2.15. The van der Waals surface area contributed by atoms with Crippen molar-refractivity contribution in [1.82, 2.24) is 5.32 Å². The molecule has 3 N–H and O–H groups in total. The molecule has 0 unspecified atom stereocenters. The lowest BCUT2D eigenvalue weighted by atomic mass is 10.2. The number of carboxylic acid groups (broad SMARTS) is 1. The first-order valence-corrected chi connectivity index (χ1v) is 7.18. The molecule has 0 aliphatic carbocycles. The summed E-state index contributed by atoms with van der Waals surface area (Å²) in [7, 11) is 0. The van der Waals surface area contributed by atoms with Gasteiger partial charge in [0, 0.05) is 16.5 Å². The lowest BCUT2D eigenvalue weighted by Crippen LogP contribution is -2.29. The zero-order chi connectivity index (χ0) is 14.1. The minimum atomic E-state index is -0.774. The number of amides is 2. The highest BCUT2D eigenvalue weighted by atomic mass is 127. The number of aliphatic carboxylic acids is 1. The summed E-state index contributed by atoms with van der Waals surface area (Å²) in [5, 5.41) is 14.0. The predicted molar refractivity (Wildman–Crippen MR) is 82.3 cm³/mol. The first-order chi connectivity index (χ1) is 9.09. The van der Waals surface area contributed by atoms with E-state index >= 15 is 0 Å². The number of anilines is 1. The molecule has 0 saturated carbocycles. The van der Waals surface area contributed by atoms with Crippen molar-refractivity contribution < 1.29 is 14.7 Å². The third-order valence-electron chi connectivity index (χ3n) is 2.48. The molecule has 0 aromatic heterocycles. The molecular weight excluding hydrogens is 359 g/mol. The minimum Gasteiger partial charge on any atom is -0.481 e. The topological polar surface area (TPSA) is 78.4 Å². The highest BCUT2D eigenvalue weighted by Gasteiger charge is 2.03. The van der Waals surface area contributed by atoms with Gasteiger partial charge in [0.05, 0.1) is 5.69 Å². The van der Waals surface area contributed by atoms with Gasteiger partial charge in [-0.25, -0.2) is 4.79 Å². The molecular formula is C13H17IN2O3. The van der Waals surface area contributed by atoms with Gasteiger partial charge >= 0.3 is 12.0 Å². The molecule has 0 radical (unpaired) electrons. The maximum Gasteiger partial charge on any atom is 0.319 e. The van der Waals surface area contributed by atoms with Gasteiger partial charge in [-0.05, 0) is 47.6 Å². The van der Waals surface area contributed by atoms with Crippen molar-refractivity contribution in [3.05, 3.63) is 27.8 Å². The third-order valence-corrected chi connectivity index (χ3v) is 3.42. The summed E-state index contributed by atoms with van der Waals surface area (Å²) < 4.78 is 0.983. The first kappa shape index (κ1) is 15.7. The molecule has 0 fully saturated rings. The summed E-state index contributed by atoms with van der Waals surface area (Å²) in [6.45, 7) is 0.550. The molecule has 2 amide bonds. The Morgan fingerprint density at radius 1 is 1.16 bits per heavy atom. The quantitative estimate of drug-likeness (QED) is 0.506. The van der Waals surface area contributed by atoms with Crippen LogP contribution >= 0.6 is 22.6 Å². The number of para-hydroxylation sites is 1. The summed E-state index contributed by atoms with van der Waals surface area (Å²) in [5.41, 5.74) is 0.784. The summed E-state index contributed by atoms with van der Waals surface area (Å²) in [6, 6.07) is 7.30. The van der Waals surface area contributed by atoms with Crippen LogP contribution in [-0.4, -0.2) is 23.7 Å². The Morgan fingerprint density at radius 2 is 1.89 bits per heavy atom. The van der Waals surface area contributed by atoms with Crippen LogP contribution in [0, 0.1) is 3.57 Å². The summed E-state index contributed by atoms with van der Waals surface area (Å²) in [6.07, 6.45) is 2.42. The number of nitrogens with one attached hydrogen (secondary N) is 2. The number of carbonyl (C=O) groups is 2.